The van der Waals surface area contributed by atoms with E-state index in [0.717, 1.165) is 12.1 Å². The molecule has 4 N–H and O–H groups in total. The number of hydrogen-bond acceptors (Lipinski definition) is 10. The third-order valence-electron chi connectivity index (χ3n) is 7.84. The van der Waals surface area contributed by atoms with Crippen molar-refractivity contribution in [1.29, 1.82) is 0 Å². The van der Waals surface area contributed by atoms with Gasteiger partial charge in [-0.25, -0.2) is 22.6 Å². The third-order valence-corrected chi connectivity index (χ3v) is 7.84. The maximum atomic E-state index is 13.8. The van der Waals surface area contributed by atoms with Crippen LogP contribution in [-0.2, 0) is 21.5 Å². The molecule has 2 aliphatic heterocycles. The Labute approximate surface area is 237 Å². The molecule has 6 atom stereocenters. The van der Waals surface area contributed by atoms with E-state index in [0.29, 0.717) is 12.1 Å². The summed E-state index contributed by atoms with van der Waals surface area (Å²) in [5.41, 5.74) is -1.14. The fourth-order valence-electron chi connectivity index (χ4n) is 5.58. The fourth-order valence-corrected chi connectivity index (χ4v) is 5.58. The van der Waals surface area contributed by atoms with Crippen molar-refractivity contribution in [2.24, 2.45) is 0 Å². The Morgan fingerprint density at radius 2 is 1.90 bits per heavy atom. The number of aliphatic hydroxyl groups excluding tert-OH is 2. The van der Waals surface area contributed by atoms with Crippen molar-refractivity contribution in [3.8, 4) is 11.3 Å². The van der Waals surface area contributed by atoms with Crippen LogP contribution in [0.1, 0.15) is 36.8 Å². The Kier molecular flexibility index (Phi) is 8.52. The van der Waals surface area contributed by atoms with Gasteiger partial charge in [0.05, 0.1) is 24.6 Å². The number of ether oxygens (including phenoxy) is 2. The van der Waals surface area contributed by atoms with Crippen LogP contribution in [0.5, 0.6) is 0 Å². The Balaban J connectivity index is 1.38. The molecule has 2 fully saturated rings. The van der Waals surface area contributed by atoms with Crippen LogP contribution in [0.3, 0.4) is 0 Å². The van der Waals surface area contributed by atoms with Crippen LogP contribution >= 0.6 is 0 Å². The molecule has 0 spiro atoms. The van der Waals surface area contributed by atoms with Crippen molar-refractivity contribution in [2.75, 3.05) is 26.8 Å². The summed E-state index contributed by atoms with van der Waals surface area (Å²) in [4.78, 5) is 12.6. The number of rotatable bonds is 7. The van der Waals surface area contributed by atoms with Gasteiger partial charge < -0.3 is 39.3 Å². The number of carbonyl (C=O) groups is 1. The maximum Gasteiger partial charge on any atom is 0.407 e. The van der Waals surface area contributed by atoms with E-state index in [2.05, 4.69) is 15.5 Å². The Morgan fingerprint density at radius 3 is 2.57 bits per heavy atom. The van der Waals surface area contributed by atoms with Gasteiger partial charge in [0.2, 0.25) is 0 Å². The SMILES string of the molecule is CO[C@@H]1[C@@H](n2cc(-c3cc(F)c(F)c(F)c3)nn2)[C@@H](O)[C@@H](CO)O[C@@H]1Cc1cc(C2(O)CCCN(C(=O)O)CC2)on1. The summed E-state index contributed by atoms with van der Waals surface area (Å²) in [6.45, 7) is -0.163. The van der Waals surface area contributed by atoms with Gasteiger partial charge in [0.25, 0.3) is 0 Å². The second-order valence-electron chi connectivity index (χ2n) is 10.5. The van der Waals surface area contributed by atoms with E-state index in [1.165, 1.54) is 22.9 Å². The van der Waals surface area contributed by atoms with Crippen molar-refractivity contribution in [1.82, 2.24) is 25.1 Å². The van der Waals surface area contributed by atoms with Gasteiger partial charge in [0, 0.05) is 44.7 Å². The lowest BCUT2D eigenvalue weighted by molar-refractivity contribution is -0.212. The van der Waals surface area contributed by atoms with Crippen LogP contribution in [0.25, 0.3) is 11.3 Å². The average molecular weight is 598 g/mol. The van der Waals surface area contributed by atoms with E-state index in [1.807, 2.05) is 0 Å². The van der Waals surface area contributed by atoms with Gasteiger partial charge in [-0.05, 0) is 25.0 Å². The molecule has 2 aliphatic rings. The maximum absolute atomic E-state index is 13.8. The zero-order valence-electron chi connectivity index (χ0n) is 22.4. The molecule has 16 heteroatoms. The number of halogens is 3. The van der Waals surface area contributed by atoms with Crippen LogP contribution in [0.15, 0.2) is 28.9 Å². The zero-order valence-corrected chi connectivity index (χ0v) is 22.4. The average Bonchev–Trinajstić information content (AvgIpc) is 3.59. The molecule has 2 saturated heterocycles. The van der Waals surface area contributed by atoms with Crippen molar-refractivity contribution < 1.29 is 52.4 Å². The van der Waals surface area contributed by atoms with Crippen molar-refractivity contribution >= 4 is 6.09 Å². The normalized spacial score (nSPS) is 28.5. The predicted octanol–water partition coefficient (Wildman–Crippen LogP) is 1.62. The predicted molar refractivity (Wildman–Crippen MR) is 134 cm³/mol. The first-order valence-electron chi connectivity index (χ1n) is 13.2. The summed E-state index contributed by atoms with van der Waals surface area (Å²) in [5, 5.41) is 53.4. The standard InChI is InChI=1S/C26H30F3N5O8/c1-40-24-18(9-14-10-20(42-31-14)26(39)3-2-5-33(6-4-26)25(37)38)41-19(12-35)23(36)22(24)34-11-17(30-32-34)13-7-15(27)21(29)16(28)8-13/h7-8,10-11,18-19,22-24,35-36,39H,2-6,9,12H2,1H3,(H,37,38)/t18-,19-,22+,23+,24+,26?/m1/s1. The Morgan fingerprint density at radius 1 is 1.17 bits per heavy atom. The Hall–Kier alpha value is -3.57. The lowest BCUT2D eigenvalue weighted by Gasteiger charge is -2.43. The molecule has 0 radical (unpaired) electrons. The molecular weight excluding hydrogens is 567 g/mol. The molecule has 0 bridgehead atoms. The second kappa shape index (κ2) is 12.0. The molecule has 0 aliphatic carbocycles. The van der Waals surface area contributed by atoms with Crippen LogP contribution < -0.4 is 0 Å². The van der Waals surface area contributed by atoms with E-state index in [4.69, 9.17) is 14.0 Å². The first-order valence-corrected chi connectivity index (χ1v) is 13.2. The minimum Gasteiger partial charge on any atom is -0.465 e. The van der Waals surface area contributed by atoms with Gasteiger partial charge in [-0.15, -0.1) is 5.10 Å². The molecule has 2 aromatic heterocycles. The number of aromatic nitrogens is 4. The fraction of sp³-hybridized carbons (Fsp3) is 0.538. The van der Waals surface area contributed by atoms with Crippen LogP contribution in [0.2, 0.25) is 0 Å². The number of aliphatic hydroxyl groups is 3. The summed E-state index contributed by atoms with van der Waals surface area (Å²) < 4.78 is 59.3. The summed E-state index contributed by atoms with van der Waals surface area (Å²) in [7, 11) is 1.37. The minimum absolute atomic E-state index is 0.00214. The van der Waals surface area contributed by atoms with E-state index >= 15 is 0 Å². The summed E-state index contributed by atoms with van der Waals surface area (Å²) in [6.07, 6.45) is -3.04. The minimum atomic E-state index is -1.62. The van der Waals surface area contributed by atoms with Crippen LogP contribution in [0.4, 0.5) is 18.0 Å². The second-order valence-corrected chi connectivity index (χ2v) is 10.5. The topological polar surface area (TPSA) is 176 Å². The molecule has 3 aromatic rings. The molecular formula is C26H30F3N5O8. The number of hydrogen-bond donors (Lipinski definition) is 4. The molecule has 4 heterocycles. The molecule has 1 amide bonds. The summed E-state index contributed by atoms with van der Waals surface area (Å²) >= 11 is 0. The number of methoxy groups -OCH3 is 1. The van der Waals surface area contributed by atoms with Crippen LogP contribution in [-0.4, -0.2) is 103 Å². The highest BCUT2D eigenvalue weighted by Gasteiger charge is 2.47. The van der Waals surface area contributed by atoms with Crippen LogP contribution in [0, 0.1) is 17.5 Å². The van der Waals surface area contributed by atoms with Gasteiger partial charge in [-0.1, -0.05) is 10.4 Å². The summed E-state index contributed by atoms with van der Waals surface area (Å²) in [5.74, 6) is -4.26. The first kappa shape index (κ1) is 29.9. The molecule has 1 aromatic carbocycles. The van der Waals surface area contributed by atoms with Crippen molar-refractivity contribution in [2.45, 2.75) is 61.7 Å². The third kappa shape index (κ3) is 5.72. The van der Waals surface area contributed by atoms with Gasteiger partial charge in [-0.2, -0.15) is 0 Å². The van der Waals surface area contributed by atoms with E-state index < -0.39 is 66.2 Å². The van der Waals surface area contributed by atoms with Gasteiger partial charge >= 0.3 is 6.09 Å². The van der Waals surface area contributed by atoms with Crippen molar-refractivity contribution in [3.63, 3.8) is 0 Å². The molecule has 13 nitrogen and oxygen atoms in total. The highest BCUT2D eigenvalue weighted by Crippen LogP contribution is 2.36. The zero-order chi connectivity index (χ0) is 30.2. The molecule has 228 valence electrons. The van der Waals surface area contributed by atoms with Gasteiger partial charge in [0.1, 0.15) is 35.6 Å². The molecule has 5 rings (SSSR count). The number of benzene rings is 1. The van der Waals surface area contributed by atoms with E-state index in [9.17, 15) is 38.4 Å². The van der Waals surface area contributed by atoms with E-state index in [-0.39, 0.29) is 49.4 Å². The Bertz CT molecular complexity index is 1400. The van der Waals surface area contributed by atoms with E-state index in [1.54, 1.807) is 6.07 Å². The molecule has 1 unspecified atom stereocenters. The van der Waals surface area contributed by atoms with Gasteiger partial charge in [0.15, 0.2) is 23.2 Å². The molecule has 42 heavy (non-hydrogen) atoms. The van der Waals surface area contributed by atoms with Gasteiger partial charge in [-0.3, -0.25) is 0 Å². The monoisotopic (exact) mass is 597 g/mol. The van der Waals surface area contributed by atoms with Crippen molar-refractivity contribution in [3.05, 3.63) is 53.3 Å². The number of nitrogens with zero attached hydrogens (tertiary/aromatic N) is 5. The lowest BCUT2D eigenvalue weighted by atomic mass is 9.89. The highest BCUT2D eigenvalue weighted by atomic mass is 19.2. The summed E-state index contributed by atoms with van der Waals surface area (Å²) in [6, 6.07) is 2.10. The smallest absolute Gasteiger partial charge is 0.407 e. The lowest BCUT2D eigenvalue weighted by Crippen LogP contribution is -2.57. The molecule has 0 saturated carbocycles. The number of likely N-dealkylation sites (tertiary alicyclic amines) is 1. The number of carboxylic acid groups (broad SMARTS) is 1. The highest BCUT2D eigenvalue weighted by molar-refractivity contribution is 5.65. The number of amides is 1. The quantitative estimate of drug-likeness (QED) is 0.291. The largest absolute Gasteiger partial charge is 0.465 e. The first-order chi connectivity index (χ1) is 20.0.